The monoisotopic (exact) mass is 451 g/mol. The van der Waals surface area contributed by atoms with E-state index in [9.17, 15) is 0 Å². The maximum atomic E-state index is 6.29. The van der Waals surface area contributed by atoms with Crippen LogP contribution in [0.2, 0.25) is 0 Å². The molecule has 2 N–H and O–H groups in total. The highest BCUT2D eigenvalue weighted by molar-refractivity contribution is 5.98. The van der Waals surface area contributed by atoms with Gasteiger partial charge in [-0.05, 0) is 40.8 Å². The molecular weight excluding hydrogens is 426 g/mol. The summed E-state index contributed by atoms with van der Waals surface area (Å²) in [6.07, 6.45) is 5.70. The van der Waals surface area contributed by atoms with E-state index in [1.54, 1.807) is 0 Å². The Bertz CT molecular complexity index is 1640. The number of aliphatic imine (C=N–C) groups is 1. The molecule has 0 saturated heterocycles. The van der Waals surface area contributed by atoms with Crippen molar-refractivity contribution in [1.82, 2.24) is 4.57 Å². The maximum Gasteiger partial charge on any atom is 0.125 e. The van der Waals surface area contributed by atoms with E-state index in [4.69, 9.17) is 5.73 Å². The number of aromatic nitrogens is 1. The van der Waals surface area contributed by atoms with E-state index in [-0.39, 0.29) is 0 Å². The molecule has 2 aliphatic rings. The maximum absolute atomic E-state index is 6.29. The first-order chi connectivity index (χ1) is 17.3. The lowest BCUT2D eigenvalue weighted by atomic mass is 9.87. The Morgan fingerprint density at radius 3 is 2.49 bits per heavy atom. The molecule has 0 spiro atoms. The van der Waals surface area contributed by atoms with E-state index in [1.807, 2.05) is 18.2 Å². The van der Waals surface area contributed by atoms with Crippen LogP contribution in [0.25, 0.3) is 33.8 Å². The summed E-state index contributed by atoms with van der Waals surface area (Å²) in [6, 6.07) is 34.3. The Morgan fingerprint density at radius 2 is 1.63 bits per heavy atom. The molecule has 3 heteroatoms. The van der Waals surface area contributed by atoms with Crippen molar-refractivity contribution in [2.24, 2.45) is 10.7 Å². The molecule has 0 saturated carbocycles. The molecule has 2 heterocycles. The van der Waals surface area contributed by atoms with Crippen LogP contribution >= 0.6 is 0 Å². The van der Waals surface area contributed by atoms with Crippen molar-refractivity contribution in [3.8, 4) is 16.8 Å². The van der Waals surface area contributed by atoms with Gasteiger partial charge in [-0.25, -0.2) is 0 Å². The first-order valence-corrected chi connectivity index (χ1v) is 12.2. The molecule has 0 amide bonds. The number of para-hydroxylation sites is 1. The van der Waals surface area contributed by atoms with Gasteiger partial charge in [-0.3, -0.25) is 4.99 Å². The zero-order chi connectivity index (χ0) is 23.4. The SMILES string of the molecule is NC(=NCc1ccccc1)c1ccc(-c2ccc3c(c2)-n2c4c(c5ccccc52)C=CCC34)cc1. The lowest BCUT2D eigenvalue weighted by Crippen LogP contribution is -2.13. The normalized spacial score (nSPS) is 15.9. The summed E-state index contributed by atoms with van der Waals surface area (Å²) in [7, 11) is 0. The van der Waals surface area contributed by atoms with E-state index in [0.717, 1.165) is 17.5 Å². The highest BCUT2D eigenvalue weighted by Crippen LogP contribution is 2.49. The smallest absolute Gasteiger partial charge is 0.125 e. The Balaban J connectivity index is 1.24. The summed E-state index contributed by atoms with van der Waals surface area (Å²) in [5, 5.41) is 1.34. The first-order valence-electron chi connectivity index (χ1n) is 12.2. The number of hydrogen-bond acceptors (Lipinski definition) is 1. The standard InChI is InChI=1S/C32H25N3/c33-32(34-20-21-7-2-1-3-8-21)23-15-13-22(14-16-23)24-17-18-26-28-11-6-10-27-25-9-4-5-12-29(25)35(31(27)28)30(26)19-24/h1-10,12-19,28H,11,20H2,(H2,33,34). The average Bonchev–Trinajstić information content (AvgIpc) is 3.44. The highest BCUT2D eigenvalue weighted by atomic mass is 15.0. The molecular formula is C32H25N3. The van der Waals surface area contributed by atoms with Crippen molar-refractivity contribution >= 4 is 22.8 Å². The molecule has 0 bridgehead atoms. The molecule has 0 fully saturated rings. The van der Waals surface area contributed by atoms with Crippen LogP contribution < -0.4 is 5.73 Å². The summed E-state index contributed by atoms with van der Waals surface area (Å²) >= 11 is 0. The minimum atomic E-state index is 0.439. The van der Waals surface area contributed by atoms with Crippen LogP contribution in [0.3, 0.4) is 0 Å². The van der Waals surface area contributed by atoms with Crippen LogP contribution in [0.15, 0.2) is 108 Å². The van der Waals surface area contributed by atoms with Crippen LogP contribution in [-0.2, 0) is 6.54 Å². The minimum absolute atomic E-state index is 0.439. The van der Waals surface area contributed by atoms with Gasteiger partial charge in [0.2, 0.25) is 0 Å². The zero-order valence-electron chi connectivity index (χ0n) is 19.4. The van der Waals surface area contributed by atoms with Crippen molar-refractivity contribution in [3.63, 3.8) is 0 Å². The van der Waals surface area contributed by atoms with E-state index in [1.165, 1.54) is 44.5 Å². The van der Waals surface area contributed by atoms with Crippen molar-refractivity contribution < 1.29 is 0 Å². The molecule has 1 aliphatic heterocycles. The molecule has 4 aromatic carbocycles. The highest BCUT2D eigenvalue weighted by Gasteiger charge is 2.34. The van der Waals surface area contributed by atoms with Gasteiger partial charge >= 0.3 is 0 Å². The predicted molar refractivity (Wildman–Crippen MR) is 145 cm³/mol. The molecule has 0 radical (unpaired) electrons. The number of rotatable bonds is 4. The van der Waals surface area contributed by atoms with Crippen molar-refractivity contribution in [2.45, 2.75) is 18.9 Å². The van der Waals surface area contributed by atoms with Gasteiger partial charge in [0.25, 0.3) is 0 Å². The number of hydrogen-bond donors (Lipinski definition) is 1. The third-order valence-electron chi connectivity index (χ3n) is 7.37. The fourth-order valence-electron chi connectivity index (χ4n) is 5.67. The number of benzene rings is 4. The molecule has 5 aromatic rings. The van der Waals surface area contributed by atoms with E-state index in [0.29, 0.717) is 18.3 Å². The van der Waals surface area contributed by atoms with Gasteiger partial charge in [0.1, 0.15) is 5.84 Å². The predicted octanol–water partition coefficient (Wildman–Crippen LogP) is 7.07. The van der Waals surface area contributed by atoms with Crippen molar-refractivity contribution in [3.05, 3.63) is 131 Å². The third kappa shape index (κ3) is 3.16. The Morgan fingerprint density at radius 1 is 0.857 bits per heavy atom. The van der Waals surface area contributed by atoms with Gasteiger partial charge in [0.05, 0.1) is 17.7 Å². The van der Waals surface area contributed by atoms with Crippen LogP contribution in [-0.4, -0.2) is 10.4 Å². The molecule has 1 aliphatic carbocycles. The largest absolute Gasteiger partial charge is 0.383 e. The Labute approximate surface area is 204 Å². The van der Waals surface area contributed by atoms with Crippen LogP contribution in [0, 0.1) is 0 Å². The quantitative estimate of drug-likeness (QED) is 0.231. The van der Waals surface area contributed by atoms with Gasteiger partial charge < -0.3 is 10.3 Å². The number of nitrogens with zero attached hydrogens (tertiary/aromatic N) is 2. The van der Waals surface area contributed by atoms with E-state index < -0.39 is 0 Å². The average molecular weight is 452 g/mol. The molecule has 7 rings (SSSR count). The molecule has 1 unspecified atom stereocenters. The first kappa shape index (κ1) is 20.0. The fraction of sp³-hybridized carbons (Fsp3) is 0.0938. The minimum Gasteiger partial charge on any atom is -0.383 e. The second-order valence-corrected chi connectivity index (χ2v) is 9.38. The van der Waals surface area contributed by atoms with Crippen molar-refractivity contribution in [2.75, 3.05) is 0 Å². The lowest BCUT2D eigenvalue weighted by Gasteiger charge is -2.15. The zero-order valence-corrected chi connectivity index (χ0v) is 19.4. The molecule has 1 atom stereocenters. The van der Waals surface area contributed by atoms with Crippen LogP contribution in [0.5, 0.6) is 0 Å². The second-order valence-electron chi connectivity index (χ2n) is 9.38. The fourth-order valence-corrected chi connectivity index (χ4v) is 5.67. The molecule has 3 nitrogen and oxygen atoms in total. The molecule has 168 valence electrons. The number of fused-ring (bicyclic) bond motifs is 6. The van der Waals surface area contributed by atoms with E-state index in [2.05, 4.69) is 101 Å². The number of allylic oxidation sites excluding steroid dienone is 1. The Hall–Kier alpha value is -4.37. The number of nitrogens with two attached hydrogens (primary N) is 1. The summed E-state index contributed by atoms with van der Waals surface area (Å²) in [5.41, 5.74) is 17.6. The summed E-state index contributed by atoms with van der Waals surface area (Å²) < 4.78 is 2.49. The lowest BCUT2D eigenvalue weighted by molar-refractivity contribution is 0.820. The summed E-state index contributed by atoms with van der Waals surface area (Å²) in [6.45, 7) is 0.588. The van der Waals surface area contributed by atoms with E-state index >= 15 is 0 Å². The summed E-state index contributed by atoms with van der Waals surface area (Å²) in [5.74, 6) is 1.01. The van der Waals surface area contributed by atoms with Gasteiger partial charge in [0, 0.05) is 28.1 Å². The van der Waals surface area contributed by atoms with Gasteiger partial charge in [0.15, 0.2) is 0 Å². The second kappa shape index (κ2) is 7.85. The van der Waals surface area contributed by atoms with Crippen LogP contribution in [0.4, 0.5) is 0 Å². The molecule has 35 heavy (non-hydrogen) atoms. The van der Waals surface area contributed by atoms with Gasteiger partial charge in [-0.2, -0.15) is 0 Å². The topological polar surface area (TPSA) is 43.3 Å². The van der Waals surface area contributed by atoms with Crippen LogP contribution in [0.1, 0.15) is 40.3 Å². The third-order valence-corrected chi connectivity index (χ3v) is 7.37. The number of amidine groups is 1. The molecule has 1 aromatic heterocycles. The van der Waals surface area contributed by atoms with Crippen molar-refractivity contribution in [1.29, 1.82) is 0 Å². The Kier molecular flexibility index (Phi) is 4.49. The summed E-state index contributed by atoms with van der Waals surface area (Å²) in [4.78, 5) is 4.58. The van der Waals surface area contributed by atoms with Gasteiger partial charge in [-0.1, -0.05) is 97.1 Å². The van der Waals surface area contributed by atoms with Gasteiger partial charge in [-0.15, -0.1) is 0 Å².